The molecule has 1 heteroatoms. The van der Waals surface area contributed by atoms with Crippen molar-refractivity contribution in [3.8, 4) is 23.7 Å². The minimum atomic E-state index is -0.250. The summed E-state index contributed by atoms with van der Waals surface area (Å²) in [6.45, 7) is 4.05. The van der Waals surface area contributed by atoms with E-state index in [-0.39, 0.29) is 12.0 Å². The third-order valence-corrected chi connectivity index (χ3v) is 3.05. The molecular weight excluding hydrogens is 220 g/mol. The molecule has 0 aromatic heterocycles. The Morgan fingerprint density at radius 3 is 2.94 bits per heavy atom. The molecule has 0 amide bonds. The van der Waals surface area contributed by atoms with Crippen molar-refractivity contribution in [2.45, 2.75) is 33.1 Å². The van der Waals surface area contributed by atoms with E-state index in [1.54, 1.807) is 0 Å². The van der Waals surface area contributed by atoms with Gasteiger partial charge in [0.2, 0.25) is 0 Å². The molecule has 2 aliphatic carbocycles. The first-order chi connectivity index (χ1) is 8.61. The van der Waals surface area contributed by atoms with Gasteiger partial charge in [0, 0.05) is 16.6 Å². The fourth-order valence-electron chi connectivity index (χ4n) is 2.14. The van der Waals surface area contributed by atoms with Gasteiger partial charge in [-0.2, -0.15) is 0 Å². The van der Waals surface area contributed by atoms with Gasteiger partial charge in [-0.25, -0.2) is 0 Å². The van der Waals surface area contributed by atoms with Crippen LogP contribution in [0.15, 0.2) is 34.9 Å². The molecule has 18 heavy (non-hydrogen) atoms. The van der Waals surface area contributed by atoms with E-state index in [1.165, 1.54) is 12.0 Å². The van der Waals surface area contributed by atoms with Gasteiger partial charge in [0.1, 0.15) is 0 Å². The fraction of sp³-hybridized carbons (Fsp3) is 0.412. The van der Waals surface area contributed by atoms with Crippen LogP contribution >= 0.6 is 0 Å². The van der Waals surface area contributed by atoms with E-state index in [0.29, 0.717) is 0 Å². The molecule has 0 aliphatic heterocycles. The van der Waals surface area contributed by atoms with Gasteiger partial charge in [-0.3, -0.25) is 0 Å². The smallest absolute Gasteiger partial charge is 0.0757 e. The lowest BCUT2D eigenvalue weighted by Crippen LogP contribution is -2.07. The highest BCUT2D eigenvalue weighted by molar-refractivity contribution is 5.53. The molecular formula is C17H18O. The van der Waals surface area contributed by atoms with Crippen molar-refractivity contribution in [1.29, 1.82) is 0 Å². The molecule has 0 bridgehead atoms. The molecule has 0 fully saturated rings. The number of aliphatic hydroxyl groups excluding tert-OH is 1. The van der Waals surface area contributed by atoms with Crippen molar-refractivity contribution in [2.75, 3.05) is 6.61 Å². The van der Waals surface area contributed by atoms with Gasteiger partial charge in [0.25, 0.3) is 0 Å². The Balaban J connectivity index is 2.48. The molecule has 2 rings (SSSR count). The van der Waals surface area contributed by atoms with Gasteiger partial charge in [-0.1, -0.05) is 35.8 Å². The van der Waals surface area contributed by atoms with Crippen molar-refractivity contribution in [1.82, 2.24) is 0 Å². The summed E-state index contributed by atoms with van der Waals surface area (Å²) in [6.07, 6.45) is 9.43. The standard InChI is InChI=1S/C17H18O/c1-17(2)11-5-8-15-6-3-4-7-16(15)10-9-14(12-17)13-18/h7-8,12,18H,3-4,6,13H2,1-2H3/b14-12+,15-8-. The molecule has 0 saturated carbocycles. The van der Waals surface area contributed by atoms with Gasteiger partial charge >= 0.3 is 0 Å². The van der Waals surface area contributed by atoms with Crippen LogP contribution in [0.2, 0.25) is 0 Å². The second-order valence-electron chi connectivity index (χ2n) is 5.25. The molecule has 1 nitrogen and oxygen atoms in total. The van der Waals surface area contributed by atoms with Crippen LogP contribution in [0.25, 0.3) is 0 Å². The highest BCUT2D eigenvalue weighted by Crippen LogP contribution is 2.24. The Morgan fingerprint density at radius 1 is 1.33 bits per heavy atom. The lowest BCUT2D eigenvalue weighted by molar-refractivity contribution is 0.334. The van der Waals surface area contributed by atoms with E-state index in [2.05, 4.69) is 29.8 Å². The molecule has 0 spiro atoms. The Labute approximate surface area is 109 Å². The van der Waals surface area contributed by atoms with E-state index >= 15 is 0 Å². The van der Waals surface area contributed by atoms with E-state index in [4.69, 9.17) is 0 Å². The Kier molecular flexibility index (Phi) is 3.75. The van der Waals surface area contributed by atoms with Crippen LogP contribution < -0.4 is 0 Å². The van der Waals surface area contributed by atoms with Gasteiger partial charge in [0.05, 0.1) is 6.61 Å². The lowest BCUT2D eigenvalue weighted by atomic mass is 9.89. The van der Waals surface area contributed by atoms with Crippen LogP contribution in [0, 0.1) is 29.1 Å². The molecule has 0 unspecified atom stereocenters. The number of hydrogen-bond donors (Lipinski definition) is 1. The molecule has 0 radical (unpaired) electrons. The minimum absolute atomic E-state index is 0.0234. The molecule has 0 aromatic carbocycles. The fourth-order valence-corrected chi connectivity index (χ4v) is 2.14. The number of hydrogen-bond acceptors (Lipinski definition) is 1. The first-order valence-corrected chi connectivity index (χ1v) is 6.37. The summed E-state index contributed by atoms with van der Waals surface area (Å²) in [7, 11) is 0. The average molecular weight is 238 g/mol. The normalized spacial score (nSPS) is 26.7. The van der Waals surface area contributed by atoms with Crippen LogP contribution in [0.3, 0.4) is 0 Å². The summed E-state index contributed by atoms with van der Waals surface area (Å²) >= 11 is 0. The van der Waals surface area contributed by atoms with E-state index in [1.807, 2.05) is 26.0 Å². The van der Waals surface area contributed by atoms with Crippen molar-refractivity contribution >= 4 is 0 Å². The van der Waals surface area contributed by atoms with Crippen LogP contribution in [-0.4, -0.2) is 11.7 Å². The maximum absolute atomic E-state index is 9.35. The Bertz CT molecular complexity index is 548. The van der Waals surface area contributed by atoms with Gasteiger partial charge in [0.15, 0.2) is 0 Å². The van der Waals surface area contributed by atoms with Crippen LogP contribution in [0.1, 0.15) is 33.1 Å². The summed E-state index contributed by atoms with van der Waals surface area (Å²) in [4.78, 5) is 0. The quantitative estimate of drug-likeness (QED) is 0.696. The average Bonchev–Trinajstić information content (AvgIpc) is 2.35. The second kappa shape index (κ2) is 5.30. The van der Waals surface area contributed by atoms with E-state index < -0.39 is 0 Å². The van der Waals surface area contributed by atoms with E-state index in [0.717, 1.165) is 24.0 Å². The predicted octanol–water partition coefficient (Wildman–Crippen LogP) is 2.99. The first kappa shape index (κ1) is 12.7. The molecule has 0 heterocycles. The topological polar surface area (TPSA) is 20.2 Å². The zero-order valence-corrected chi connectivity index (χ0v) is 11.0. The molecule has 0 saturated heterocycles. The van der Waals surface area contributed by atoms with Crippen LogP contribution in [-0.2, 0) is 0 Å². The molecule has 1 N–H and O–H groups in total. The third kappa shape index (κ3) is 3.16. The van der Waals surface area contributed by atoms with Crippen molar-refractivity contribution in [2.24, 2.45) is 5.41 Å². The van der Waals surface area contributed by atoms with E-state index in [9.17, 15) is 5.11 Å². The van der Waals surface area contributed by atoms with Crippen LogP contribution in [0.5, 0.6) is 0 Å². The maximum Gasteiger partial charge on any atom is 0.0757 e. The monoisotopic (exact) mass is 238 g/mol. The summed E-state index contributed by atoms with van der Waals surface area (Å²) in [5.74, 6) is 12.6. The van der Waals surface area contributed by atoms with Gasteiger partial charge < -0.3 is 5.11 Å². The zero-order valence-electron chi connectivity index (χ0n) is 11.0. The minimum Gasteiger partial charge on any atom is -0.391 e. The summed E-state index contributed by atoms with van der Waals surface area (Å²) < 4.78 is 0. The van der Waals surface area contributed by atoms with Crippen LogP contribution in [0.4, 0.5) is 0 Å². The predicted molar refractivity (Wildman–Crippen MR) is 74.5 cm³/mol. The van der Waals surface area contributed by atoms with Crippen molar-refractivity contribution < 1.29 is 5.11 Å². The number of rotatable bonds is 1. The Hall–Kier alpha value is -1.70. The molecule has 2 aliphatic rings. The Morgan fingerprint density at radius 2 is 2.17 bits per heavy atom. The second-order valence-corrected chi connectivity index (χ2v) is 5.25. The lowest BCUT2D eigenvalue weighted by Gasteiger charge is -2.14. The zero-order chi connectivity index (χ0) is 13.0. The number of allylic oxidation sites excluding steroid dienone is 5. The largest absolute Gasteiger partial charge is 0.391 e. The number of aliphatic hydroxyl groups is 1. The molecule has 0 aromatic rings. The summed E-state index contributed by atoms with van der Waals surface area (Å²) in [5.41, 5.74) is 2.81. The van der Waals surface area contributed by atoms with Gasteiger partial charge in [-0.05, 0) is 44.8 Å². The SMILES string of the molecule is CC1(C)C#C/C=C2/CCCC=C2C#C/C(CO)=C\1. The maximum atomic E-state index is 9.35. The molecule has 0 atom stereocenters. The summed E-state index contributed by atoms with van der Waals surface area (Å²) in [6, 6.07) is 0. The summed E-state index contributed by atoms with van der Waals surface area (Å²) in [5, 5.41) is 9.35. The van der Waals surface area contributed by atoms with Gasteiger partial charge in [-0.15, -0.1) is 0 Å². The van der Waals surface area contributed by atoms with Crippen molar-refractivity contribution in [3.05, 3.63) is 34.9 Å². The molecule has 92 valence electrons. The number of fused-ring (bicyclic) bond motifs is 1. The first-order valence-electron chi connectivity index (χ1n) is 6.37. The third-order valence-electron chi connectivity index (χ3n) is 3.05. The highest BCUT2D eigenvalue weighted by atomic mass is 16.3. The van der Waals surface area contributed by atoms with Crippen molar-refractivity contribution in [3.63, 3.8) is 0 Å². The highest BCUT2D eigenvalue weighted by Gasteiger charge is 2.13.